The van der Waals surface area contributed by atoms with Gasteiger partial charge in [0.1, 0.15) is 23.7 Å². The lowest BCUT2D eigenvalue weighted by atomic mass is 9.92. The number of guanidine groups is 1. The van der Waals surface area contributed by atoms with E-state index in [9.17, 15) is 43.9 Å². The zero-order valence-electron chi connectivity index (χ0n) is 27.4. The van der Waals surface area contributed by atoms with E-state index in [-0.39, 0.29) is 29.0 Å². The van der Waals surface area contributed by atoms with Gasteiger partial charge in [-0.2, -0.15) is 44.8 Å². The van der Waals surface area contributed by atoms with E-state index < -0.39 is 71.7 Å². The topological polar surface area (TPSA) is 89.9 Å². The van der Waals surface area contributed by atoms with Crippen LogP contribution in [0.2, 0.25) is 0 Å². The minimum Gasteiger partial charge on any atom is -0.490 e. The van der Waals surface area contributed by atoms with Crippen molar-refractivity contribution in [2.45, 2.75) is 70.0 Å². The number of nitrogens with zero attached hydrogens (tertiary/aromatic N) is 4. The molecule has 1 atom stereocenters. The maximum atomic E-state index is 14.1. The predicted molar refractivity (Wildman–Crippen MR) is 167 cm³/mol. The first-order valence-corrected chi connectivity index (χ1v) is 15.7. The van der Waals surface area contributed by atoms with Crippen LogP contribution >= 0.6 is 0 Å². The second-order valence-electron chi connectivity index (χ2n) is 11.9. The highest BCUT2D eigenvalue weighted by Crippen LogP contribution is 2.38. The summed E-state index contributed by atoms with van der Waals surface area (Å²) in [5.74, 6) is -0.875. The van der Waals surface area contributed by atoms with Gasteiger partial charge in [0.25, 0.3) is 0 Å². The number of hydrogen-bond acceptors (Lipinski definition) is 5. The standard InChI is InChI=1S/C34H34F10N6O/c1-3-30(49-10-8-26(9-11-49)51-27-6-4-21(17-45)29(35)16-27)28-7-5-23(32(36,37)38)14-22(28)19-50(31(46)48-47-2)18-20-12-24(33(39,40)41)15-25(13-20)34(42,43)44/h4-7,12-16,26,30,47H,3,8-11,18-19H2,1-2H3,(H2,46,48). The van der Waals surface area contributed by atoms with Crippen LogP contribution < -0.4 is 15.9 Å². The van der Waals surface area contributed by atoms with Crippen molar-refractivity contribution in [3.63, 3.8) is 0 Å². The van der Waals surface area contributed by atoms with E-state index in [2.05, 4.69) is 10.5 Å². The van der Waals surface area contributed by atoms with Crippen LogP contribution in [0.4, 0.5) is 43.9 Å². The van der Waals surface area contributed by atoms with Crippen molar-refractivity contribution in [1.29, 1.82) is 5.26 Å². The predicted octanol–water partition coefficient (Wildman–Crippen LogP) is 8.20. The first-order chi connectivity index (χ1) is 23.8. The van der Waals surface area contributed by atoms with Gasteiger partial charge in [0.2, 0.25) is 5.96 Å². The molecule has 7 nitrogen and oxygen atoms in total. The molecule has 0 bridgehead atoms. The third kappa shape index (κ3) is 9.96. The number of nitrogens with two attached hydrogens (primary N) is 1. The fraction of sp³-hybridized carbons (Fsp3) is 0.412. The van der Waals surface area contributed by atoms with Gasteiger partial charge in [0.15, 0.2) is 0 Å². The average molecular weight is 733 g/mol. The molecule has 0 saturated carbocycles. The molecule has 17 heteroatoms. The van der Waals surface area contributed by atoms with Crippen LogP contribution in [0.5, 0.6) is 5.75 Å². The lowest BCUT2D eigenvalue weighted by Crippen LogP contribution is -2.41. The van der Waals surface area contributed by atoms with Crippen molar-refractivity contribution in [1.82, 2.24) is 15.2 Å². The van der Waals surface area contributed by atoms with E-state index in [1.54, 1.807) is 6.07 Å². The van der Waals surface area contributed by atoms with Crippen molar-refractivity contribution < 1.29 is 48.6 Å². The van der Waals surface area contributed by atoms with Crippen molar-refractivity contribution in [2.75, 3.05) is 20.1 Å². The summed E-state index contributed by atoms with van der Waals surface area (Å²) in [6.07, 6.45) is -14.0. The molecule has 1 unspecified atom stereocenters. The Morgan fingerprint density at radius 1 is 0.922 bits per heavy atom. The number of piperidine rings is 1. The summed E-state index contributed by atoms with van der Waals surface area (Å²) in [6, 6.07) is 9.32. The molecule has 1 heterocycles. The highest BCUT2D eigenvalue weighted by molar-refractivity contribution is 5.78. The maximum absolute atomic E-state index is 14.1. The molecular weight excluding hydrogens is 698 g/mol. The number of hydrazone groups is 1. The van der Waals surface area contributed by atoms with Gasteiger partial charge in [-0.1, -0.05) is 13.0 Å². The highest BCUT2D eigenvalue weighted by Gasteiger charge is 2.38. The summed E-state index contributed by atoms with van der Waals surface area (Å²) in [4.78, 5) is 3.12. The normalized spacial score (nSPS) is 15.7. The highest BCUT2D eigenvalue weighted by atomic mass is 19.4. The lowest BCUT2D eigenvalue weighted by molar-refractivity contribution is -0.143. The Balaban J connectivity index is 1.66. The smallest absolute Gasteiger partial charge is 0.416 e. The number of nitrogens with one attached hydrogen (secondary N) is 1. The molecule has 0 aromatic heterocycles. The first-order valence-electron chi connectivity index (χ1n) is 15.7. The van der Waals surface area contributed by atoms with Crippen molar-refractivity contribution in [2.24, 2.45) is 10.8 Å². The molecule has 0 radical (unpaired) electrons. The Morgan fingerprint density at radius 2 is 1.53 bits per heavy atom. The molecule has 1 aliphatic rings. The molecule has 3 aromatic rings. The first kappa shape index (κ1) is 39.1. The van der Waals surface area contributed by atoms with Crippen LogP contribution in [-0.4, -0.2) is 42.0 Å². The Bertz CT molecular complexity index is 1710. The molecule has 1 saturated heterocycles. The molecule has 3 aromatic carbocycles. The van der Waals surface area contributed by atoms with E-state index in [1.165, 1.54) is 25.2 Å². The van der Waals surface area contributed by atoms with Gasteiger partial charge in [-0.15, -0.1) is 5.10 Å². The fourth-order valence-corrected chi connectivity index (χ4v) is 6.02. The van der Waals surface area contributed by atoms with Crippen LogP contribution in [0.1, 0.15) is 71.2 Å². The zero-order chi connectivity index (χ0) is 37.7. The Labute approximate surface area is 287 Å². The van der Waals surface area contributed by atoms with Gasteiger partial charge in [-0.25, -0.2) is 4.39 Å². The molecule has 0 aliphatic carbocycles. The van der Waals surface area contributed by atoms with Gasteiger partial charge in [-0.3, -0.25) is 4.90 Å². The lowest BCUT2D eigenvalue weighted by Gasteiger charge is -2.38. The molecule has 1 aliphatic heterocycles. The SMILES string of the molecule is CCC(c1ccc(C(F)(F)F)cc1CN(Cc1cc(C(F)(F)F)cc(C(F)(F)F)c1)/C(N)=N/NC)N1CCC(Oc2ccc(C#N)c(F)c2)CC1. The Morgan fingerprint density at radius 3 is 2.04 bits per heavy atom. The van der Waals surface area contributed by atoms with E-state index >= 15 is 0 Å². The van der Waals surface area contributed by atoms with Crippen molar-refractivity contribution in [3.05, 3.63) is 99.4 Å². The van der Waals surface area contributed by atoms with E-state index in [0.29, 0.717) is 50.0 Å². The fourth-order valence-electron chi connectivity index (χ4n) is 6.02. The number of alkyl halides is 9. The molecule has 3 N–H and O–H groups in total. The van der Waals surface area contributed by atoms with Gasteiger partial charge in [-0.05, 0) is 78.4 Å². The van der Waals surface area contributed by atoms with E-state index in [0.717, 1.165) is 23.1 Å². The van der Waals surface area contributed by atoms with Gasteiger partial charge >= 0.3 is 18.5 Å². The Hall–Kier alpha value is -4.72. The van der Waals surface area contributed by atoms with E-state index in [1.807, 2.05) is 11.8 Å². The molecule has 1 fully saturated rings. The van der Waals surface area contributed by atoms with Gasteiger partial charge in [0, 0.05) is 45.3 Å². The van der Waals surface area contributed by atoms with Gasteiger partial charge < -0.3 is 20.8 Å². The molecule has 276 valence electrons. The number of halogens is 10. The summed E-state index contributed by atoms with van der Waals surface area (Å²) in [5.41, 5.74) is 4.29. The second kappa shape index (κ2) is 15.7. The zero-order valence-corrected chi connectivity index (χ0v) is 27.4. The number of nitriles is 1. The molecule has 0 spiro atoms. The number of ether oxygens (including phenoxy) is 1. The number of likely N-dealkylation sites (tertiary alicyclic amines) is 1. The minimum atomic E-state index is -5.12. The summed E-state index contributed by atoms with van der Waals surface area (Å²) in [7, 11) is 1.34. The third-order valence-electron chi connectivity index (χ3n) is 8.43. The second-order valence-corrected chi connectivity index (χ2v) is 11.9. The molecule has 51 heavy (non-hydrogen) atoms. The number of benzene rings is 3. The number of hydrogen-bond donors (Lipinski definition) is 2. The van der Waals surface area contributed by atoms with Crippen molar-refractivity contribution >= 4 is 5.96 Å². The van der Waals surface area contributed by atoms with Crippen LogP contribution in [-0.2, 0) is 31.6 Å². The monoisotopic (exact) mass is 732 g/mol. The Kier molecular flexibility index (Phi) is 12.0. The van der Waals surface area contributed by atoms with Crippen LogP contribution in [0.15, 0.2) is 59.7 Å². The van der Waals surface area contributed by atoms with Crippen molar-refractivity contribution in [3.8, 4) is 11.8 Å². The quantitative estimate of drug-likeness (QED) is 0.0946. The van der Waals surface area contributed by atoms with Gasteiger partial charge in [0.05, 0.1) is 22.3 Å². The summed E-state index contributed by atoms with van der Waals surface area (Å²) < 4.78 is 144. The summed E-state index contributed by atoms with van der Waals surface area (Å²) in [6.45, 7) is 1.58. The van der Waals surface area contributed by atoms with Crippen LogP contribution in [0.3, 0.4) is 0 Å². The third-order valence-corrected chi connectivity index (χ3v) is 8.43. The molecule has 0 amide bonds. The average Bonchev–Trinajstić information content (AvgIpc) is 3.05. The summed E-state index contributed by atoms with van der Waals surface area (Å²) >= 11 is 0. The summed E-state index contributed by atoms with van der Waals surface area (Å²) in [5, 5.41) is 12.8. The molecular formula is C34H34F10N6O. The number of rotatable bonds is 10. The minimum absolute atomic E-state index is 0.0213. The van der Waals surface area contributed by atoms with Crippen LogP contribution in [0.25, 0.3) is 0 Å². The van der Waals surface area contributed by atoms with E-state index in [4.69, 9.17) is 15.7 Å². The largest absolute Gasteiger partial charge is 0.490 e. The van der Waals surface area contributed by atoms with Crippen LogP contribution in [0, 0.1) is 17.1 Å². The molecule has 4 rings (SSSR count). The maximum Gasteiger partial charge on any atom is 0.416 e.